The highest BCUT2D eigenvalue weighted by Gasteiger charge is 2.23. The average Bonchev–Trinajstić information content (AvgIpc) is 1.50. The van der Waals surface area contributed by atoms with Crippen LogP contribution in [0.3, 0.4) is 0 Å². The molecule has 0 amide bonds. The maximum atomic E-state index is 11.0. The second-order valence-electron chi connectivity index (χ2n) is 3.38. The van der Waals surface area contributed by atoms with E-state index >= 15 is 0 Å². The van der Waals surface area contributed by atoms with E-state index in [0.717, 1.165) is 0 Å². The molecule has 0 spiro atoms. The molecule has 62 valence electrons. The van der Waals surface area contributed by atoms with Crippen molar-refractivity contribution in [2.24, 2.45) is 0 Å². The molecule has 0 unspecified atom stereocenters. The summed E-state index contributed by atoms with van der Waals surface area (Å²) >= 11 is 0. The van der Waals surface area contributed by atoms with Crippen molar-refractivity contribution in [1.82, 2.24) is 0 Å². The minimum absolute atomic E-state index is 0.333. The van der Waals surface area contributed by atoms with Crippen LogP contribution in [0, 0.1) is 0 Å². The molecule has 0 radical (unpaired) electrons. The Labute approximate surface area is 66.0 Å². The molecule has 0 fully saturated rings. The van der Waals surface area contributed by atoms with Gasteiger partial charge in [-0.1, -0.05) is 0 Å². The second kappa shape index (κ2) is 2.57. The Kier molecular flexibility index (Phi) is 1.89. The second-order valence-corrected chi connectivity index (χ2v) is 3.38. The van der Waals surface area contributed by atoms with E-state index in [1.807, 2.05) is 20.8 Å². The molecule has 1 aliphatic rings. The summed E-state index contributed by atoms with van der Waals surface area (Å²) in [6, 6.07) is 0. The third kappa shape index (κ3) is 2.26. The Bertz CT molecular complexity index is 198. The number of rotatable bonds is 1. The van der Waals surface area contributed by atoms with Crippen LogP contribution in [-0.4, -0.2) is 18.2 Å². The van der Waals surface area contributed by atoms with Crippen LogP contribution in [0.15, 0.2) is 11.8 Å². The fourth-order valence-electron chi connectivity index (χ4n) is 0.637. The molecule has 0 bridgehead atoms. The number of hydrogen-bond acceptors (Lipinski definition) is 3. The molecular weight excluding hydrogens is 144 g/mol. The van der Waals surface area contributed by atoms with Gasteiger partial charge in [0, 0.05) is 6.08 Å². The number of carbonyl (C=O) groups excluding carboxylic acids is 1. The Hall–Kier alpha value is -0.990. The third-order valence-corrected chi connectivity index (χ3v) is 1.11. The number of ether oxygens (including phenoxy) is 2. The summed E-state index contributed by atoms with van der Waals surface area (Å²) < 4.78 is 9.83. The molecule has 0 aromatic rings. The van der Waals surface area contributed by atoms with Crippen molar-refractivity contribution in [3.05, 3.63) is 11.8 Å². The number of carbonyl (C=O) groups is 1. The lowest BCUT2D eigenvalue weighted by Gasteiger charge is -2.22. The van der Waals surface area contributed by atoms with Crippen LogP contribution < -0.4 is 0 Å². The zero-order valence-electron chi connectivity index (χ0n) is 7.01. The highest BCUT2D eigenvalue weighted by Crippen LogP contribution is 2.15. The van der Waals surface area contributed by atoms with Crippen molar-refractivity contribution in [1.29, 1.82) is 0 Å². The summed E-state index contributed by atoms with van der Waals surface area (Å²) in [6.07, 6.45) is 1.70. The summed E-state index contributed by atoms with van der Waals surface area (Å²) in [5.74, 6) is -0.0383. The molecule has 0 aliphatic carbocycles. The smallest absolute Gasteiger partial charge is 0.373 e. The fourth-order valence-corrected chi connectivity index (χ4v) is 0.637. The molecular formula is C8H12O3. The van der Waals surface area contributed by atoms with E-state index in [1.54, 1.807) is 6.08 Å². The Morgan fingerprint density at radius 2 is 2.18 bits per heavy atom. The van der Waals surface area contributed by atoms with Gasteiger partial charge in [-0.15, -0.1) is 0 Å². The normalized spacial score (nSPS) is 16.1. The van der Waals surface area contributed by atoms with Crippen LogP contribution >= 0.6 is 0 Å². The molecule has 3 heteroatoms. The summed E-state index contributed by atoms with van der Waals surface area (Å²) in [5, 5.41) is 0. The highest BCUT2D eigenvalue weighted by molar-refractivity contribution is 5.87. The van der Waals surface area contributed by atoms with Crippen molar-refractivity contribution >= 4 is 5.97 Å². The molecule has 0 aromatic heterocycles. The molecule has 3 nitrogen and oxygen atoms in total. The van der Waals surface area contributed by atoms with E-state index in [1.165, 1.54) is 0 Å². The molecule has 0 atom stereocenters. The lowest BCUT2D eigenvalue weighted by Crippen LogP contribution is -2.27. The van der Waals surface area contributed by atoms with E-state index in [4.69, 9.17) is 9.47 Å². The lowest BCUT2D eigenvalue weighted by atomic mass is 10.2. The molecule has 1 heterocycles. The van der Waals surface area contributed by atoms with E-state index in [0.29, 0.717) is 12.4 Å². The van der Waals surface area contributed by atoms with Gasteiger partial charge < -0.3 is 9.47 Å². The van der Waals surface area contributed by atoms with Gasteiger partial charge in [0.15, 0.2) is 0 Å². The van der Waals surface area contributed by atoms with Gasteiger partial charge in [0.05, 0.1) is 0 Å². The first-order valence-corrected chi connectivity index (χ1v) is 3.55. The molecule has 11 heavy (non-hydrogen) atoms. The Morgan fingerprint density at radius 1 is 1.64 bits per heavy atom. The minimum atomic E-state index is -0.434. The molecule has 1 rings (SSSR count). The lowest BCUT2D eigenvalue weighted by molar-refractivity contribution is -0.155. The summed E-state index contributed by atoms with van der Waals surface area (Å²) in [4.78, 5) is 11.0. The number of esters is 1. The fraction of sp³-hybridized carbons (Fsp3) is 0.625. The van der Waals surface area contributed by atoms with Crippen LogP contribution in [0.4, 0.5) is 0 Å². The maximum absolute atomic E-state index is 11.0. The van der Waals surface area contributed by atoms with Crippen molar-refractivity contribution in [2.45, 2.75) is 26.4 Å². The Morgan fingerprint density at radius 3 is 2.45 bits per heavy atom. The van der Waals surface area contributed by atoms with Gasteiger partial charge in [-0.3, -0.25) is 0 Å². The zero-order valence-corrected chi connectivity index (χ0v) is 7.01. The topological polar surface area (TPSA) is 35.5 Å². The first kappa shape index (κ1) is 8.11. The van der Waals surface area contributed by atoms with Crippen molar-refractivity contribution in [3.63, 3.8) is 0 Å². The molecule has 0 saturated carbocycles. The Balaban J connectivity index is 2.44. The van der Waals surface area contributed by atoms with Crippen LogP contribution in [0.25, 0.3) is 0 Å². The van der Waals surface area contributed by atoms with Gasteiger partial charge in [0.25, 0.3) is 0 Å². The quantitative estimate of drug-likeness (QED) is 0.536. The van der Waals surface area contributed by atoms with E-state index in [2.05, 4.69) is 0 Å². The van der Waals surface area contributed by atoms with Gasteiger partial charge in [-0.25, -0.2) is 4.79 Å². The van der Waals surface area contributed by atoms with Gasteiger partial charge in [0.1, 0.15) is 12.2 Å². The van der Waals surface area contributed by atoms with Gasteiger partial charge in [0.2, 0.25) is 5.76 Å². The van der Waals surface area contributed by atoms with Gasteiger partial charge in [-0.2, -0.15) is 0 Å². The SMILES string of the molecule is CC(C)(C)OC(=O)C1=CCO1. The first-order chi connectivity index (χ1) is 4.99. The largest absolute Gasteiger partial charge is 0.482 e. The average molecular weight is 156 g/mol. The first-order valence-electron chi connectivity index (χ1n) is 3.55. The van der Waals surface area contributed by atoms with Crippen LogP contribution in [0.5, 0.6) is 0 Å². The van der Waals surface area contributed by atoms with E-state index in [9.17, 15) is 4.79 Å². The predicted molar refractivity (Wildman–Crippen MR) is 39.9 cm³/mol. The van der Waals surface area contributed by atoms with Crippen molar-refractivity contribution in [3.8, 4) is 0 Å². The van der Waals surface area contributed by atoms with Crippen molar-refractivity contribution in [2.75, 3.05) is 6.61 Å². The van der Waals surface area contributed by atoms with Crippen molar-refractivity contribution < 1.29 is 14.3 Å². The van der Waals surface area contributed by atoms with E-state index in [-0.39, 0.29) is 5.97 Å². The summed E-state index contributed by atoms with van der Waals surface area (Å²) in [5.41, 5.74) is -0.434. The van der Waals surface area contributed by atoms with E-state index < -0.39 is 5.60 Å². The monoisotopic (exact) mass is 156 g/mol. The van der Waals surface area contributed by atoms with Crippen LogP contribution in [-0.2, 0) is 14.3 Å². The van der Waals surface area contributed by atoms with Crippen LogP contribution in [0.2, 0.25) is 0 Å². The summed E-state index contributed by atoms with van der Waals surface area (Å²) in [6.45, 7) is 5.99. The highest BCUT2D eigenvalue weighted by atomic mass is 16.6. The summed E-state index contributed by atoms with van der Waals surface area (Å²) in [7, 11) is 0. The molecule has 1 aliphatic heterocycles. The molecule has 0 saturated heterocycles. The van der Waals surface area contributed by atoms with Crippen LogP contribution in [0.1, 0.15) is 20.8 Å². The zero-order chi connectivity index (χ0) is 8.48. The molecule has 0 aromatic carbocycles. The number of hydrogen-bond donors (Lipinski definition) is 0. The maximum Gasteiger partial charge on any atom is 0.373 e. The predicted octanol–water partition coefficient (Wildman–Crippen LogP) is 1.24. The van der Waals surface area contributed by atoms with Gasteiger partial charge >= 0.3 is 5.97 Å². The van der Waals surface area contributed by atoms with Gasteiger partial charge in [-0.05, 0) is 20.8 Å². The molecule has 0 N–H and O–H groups in total. The third-order valence-electron chi connectivity index (χ3n) is 1.11. The standard InChI is InChI=1S/C8H12O3/c1-8(2,3)11-7(9)6-4-5-10-6/h4H,5H2,1-3H3. The minimum Gasteiger partial charge on any atom is -0.482 e.